The molecule has 0 bridgehead atoms. The van der Waals surface area contributed by atoms with Crippen LogP contribution in [0.15, 0.2) is 18.2 Å². The number of nitrogens with two attached hydrogens (primary N) is 1. The molecule has 1 fully saturated rings. The van der Waals surface area contributed by atoms with E-state index in [2.05, 4.69) is 4.90 Å². The van der Waals surface area contributed by atoms with Crippen LogP contribution in [0.5, 0.6) is 5.75 Å². The average Bonchev–Trinajstić information content (AvgIpc) is 2.42. The van der Waals surface area contributed by atoms with Crippen molar-refractivity contribution >= 4 is 0 Å². The van der Waals surface area contributed by atoms with Crippen LogP contribution in [0, 0.1) is 11.7 Å². The van der Waals surface area contributed by atoms with Crippen LogP contribution in [-0.2, 0) is 6.42 Å². The van der Waals surface area contributed by atoms with Gasteiger partial charge >= 0.3 is 0 Å². The minimum absolute atomic E-state index is 0.184. The highest BCUT2D eigenvalue weighted by molar-refractivity contribution is 5.34. The number of likely N-dealkylation sites (tertiary alicyclic amines) is 1. The summed E-state index contributed by atoms with van der Waals surface area (Å²) in [4.78, 5) is 2.40. The smallest absolute Gasteiger partial charge is 0.123 e. The molecule has 0 aliphatic carbocycles. The first-order valence-electron chi connectivity index (χ1n) is 6.97. The molecule has 0 radical (unpaired) electrons. The van der Waals surface area contributed by atoms with Crippen LogP contribution in [0.2, 0.25) is 0 Å². The van der Waals surface area contributed by atoms with Gasteiger partial charge < -0.3 is 15.4 Å². The lowest BCUT2D eigenvalue weighted by atomic mass is 9.90. The van der Waals surface area contributed by atoms with E-state index in [1.807, 2.05) is 0 Å². The predicted molar refractivity (Wildman–Crippen MR) is 74.9 cm³/mol. The molecule has 106 valence electrons. The fourth-order valence-corrected chi connectivity index (χ4v) is 2.81. The third-order valence-corrected chi connectivity index (χ3v) is 3.90. The van der Waals surface area contributed by atoms with Crippen molar-refractivity contribution in [1.82, 2.24) is 4.90 Å². The van der Waals surface area contributed by atoms with Gasteiger partial charge in [-0.3, -0.25) is 0 Å². The molecule has 1 aliphatic heterocycles. The highest BCUT2D eigenvalue weighted by Gasteiger charge is 2.20. The molecule has 4 heteroatoms. The maximum absolute atomic E-state index is 13.3. The second-order valence-corrected chi connectivity index (χ2v) is 5.23. The largest absolute Gasteiger partial charge is 0.496 e. The van der Waals surface area contributed by atoms with Crippen molar-refractivity contribution in [2.24, 2.45) is 11.7 Å². The van der Waals surface area contributed by atoms with Crippen LogP contribution in [-0.4, -0.2) is 38.2 Å². The zero-order valence-corrected chi connectivity index (χ0v) is 11.6. The molecule has 3 nitrogen and oxygen atoms in total. The van der Waals surface area contributed by atoms with Crippen molar-refractivity contribution < 1.29 is 9.13 Å². The van der Waals surface area contributed by atoms with Crippen LogP contribution < -0.4 is 10.5 Å². The van der Waals surface area contributed by atoms with Crippen LogP contribution in [0.1, 0.15) is 18.4 Å². The van der Waals surface area contributed by atoms with E-state index in [-0.39, 0.29) is 5.82 Å². The first-order valence-corrected chi connectivity index (χ1v) is 6.97. The number of piperidine rings is 1. The van der Waals surface area contributed by atoms with Gasteiger partial charge in [-0.2, -0.15) is 0 Å². The van der Waals surface area contributed by atoms with Gasteiger partial charge in [0.1, 0.15) is 11.6 Å². The van der Waals surface area contributed by atoms with Gasteiger partial charge in [0.25, 0.3) is 0 Å². The molecule has 1 aromatic carbocycles. The fourth-order valence-electron chi connectivity index (χ4n) is 2.81. The standard InChI is InChI=1S/C15H23FN2O/c1-19-15-3-2-14(16)11-13(15)10-12-4-7-18(8-5-12)9-6-17/h2-3,11-12H,4-10,17H2,1H3. The summed E-state index contributed by atoms with van der Waals surface area (Å²) in [5.41, 5.74) is 6.56. The van der Waals surface area contributed by atoms with E-state index in [0.29, 0.717) is 5.92 Å². The molecule has 0 saturated carbocycles. The molecule has 0 amide bonds. The summed E-state index contributed by atoms with van der Waals surface area (Å²) in [5.74, 6) is 1.23. The Kier molecular flexibility index (Phi) is 5.16. The summed E-state index contributed by atoms with van der Waals surface area (Å²) in [7, 11) is 1.64. The van der Waals surface area contributed by atoms with Crippen LogP contribution in [0.3, 0.4) is 0 Å². The van der Waals surface area contributed by atoms with Crippen molar-refractivity contribution in [2.75, 3.05) is 33.3 Å². The van der Waals surface area contributed by atoms with E-state index in [9.17, 15) is 4.39 Å². The lowest BCUT2D eigenvalue weighted by molar-refractivity contribution is 0.188. The Morgan fingerprint density at radius 3 is 2.74 bits per heavy atom. The fraction of sp³-hybridized carbons (Fsp3) is 0.600. The first kappa shape index (κ1) is 14.3. The van der Waals surface area contributed by atoms with Gasteiger partial charge in [0, 0.05) is 13.1 Å². The molecule has 0 atom stereocenters. The minimum atomic E-state index is -0.184. The van der Waals surface area contributed by atoms with Crippen LogP contribution >= 0.6 is 0 Å². The molecule has 0 aromatic heterocycles. The minimum Gasteiger partial charge on any atom is -0.496 e. The van der Waals surface area contributed by atoms with E-state index >= 15 is 0 Å². The molecular formula is C15H23FN2O. The number of halogens is 1. The molecule has 2 N–H and O–H groups in total. The van der Waals surface area contributed by atoms with Gasteiger partial charge in [-0.05, 0) is 62.0 Å². The number of benzene rings is 1. The Labute approximate surface area is 114 Å². The zero-order chi connectivity index (χ0) is 13.7. The normalized spacial score (nSPS) is 17.6. The van der Waals surface area contributed by atoms with Crippen molar-refractivity contribution in [3.05, 3.63) is 29.6 Å². The molecule has 2 rings (SSSR count). The Morgan fingerprint density at radius 1 is 1.37 bits per heavy atom. The Hall–Kier alpha value is -1.13. The van der Waals surface area contributed by atoms with E-state index in [4.69, 9.17) is 10.5 Å². The highest BCUT2D eigenvalue weighted by atomic mass is 19.1. The van der Waals surface area contributed by atoms with Crippen molar-refractivity contribution in [2.45, 2.75) is 19.3 Å². The Morgan fingerprint density at radius 2 is 2.11 bits per heavy atom. The second kappa shape index (κ2) is 6.87. The maximum Gasteiger partial charge on any atom is 0.123 e. The molecule has 1 aromatic rings. The topological polar surface area (TPSA) is 38.5 Å². The van der Waals surface area contributed by atoms with E-state index in [1.165, 1.54) is 6.07 Å². The predicted octanol–water partition coefficient (Wildman–Crippen LogP) is 2.05. The summed E-state index contributed by atoms with van der Waals surface area (Å²) in [6.07, 6.45) is 3.21. The van der Waals surface area contributed by atoms with Gasteiger partial charge in [-0.25, -0.2) is 4.39 Å². The molecule has 1 heterocycles. The van der Waals surface area contributed by atoms with Crippen LogP contribution in [0.4, 0.5) is 4.39 Å². The van der Waals surface area contributed by atoms with Gasteiger partial charge in [0.2, 0.25) is 0 Å². The first-order chi connectivity index (χ1) is 9.22. The average molecular weight is 266 g/mol. The third kappa shape index (κ3) is 3.91. The molecule has 0 spiro atoms. The van der Waals surface area contributed by atoms with Crippen molar-refractivity contribution in [3.63, 3.8) is 0 Å². The second-order valence-electron chi connectivity index (χ2n) is 5.23. The lowest BCUT2D eigenvalue weighted by Crippen LogP contribution is -2.37. The third-order valence-electron chi connectivity index (χ3n) is 3.90. The lowest BCUT2D eigenvalue weighted by Gasteiger charge is -2.31. The Bertz CT molecular complexity index is 403. The van der Waals surface area contributed by atoms with E-state index in [0.717, 1.165) is 56.8 Å². The summed E-state index contributed by atoms with van der Waals surface area (Å²) in [6, 6.07) is 4.77. The quantitative estimate of drug-likeness (QED) is 0.886. The number of hydrogen-bond acceptors (Lipinski definition) is 3. The van der Waals surface area contributed by atoms with Gasteiger partial charge in [0.05, 0.1) is 7.11 Å². The number of methoxy groups -OCH3 is 1. The summed E-state index contributed by atoms with van der Waals surface area (Å²) < 4.78 is 18.6. The molecule has 1 saturated heterocycles. The van der Waals surface area contributed by atoms with Crippen molar-refractivity contribution in [1.29, 1.82) is 0 Å². The number of nitrogens with zero attached hydrogens (tertiary/aromatic N) is 1. The monoisotopic (exact) mass is 266 g/mol. The summed E-state index contributed by atoms with van der Waals surface area (Å²) in [6.45, 7) is 3.90. The number of ether oxygens (including phenoxy) is 1. The van der Waals surface area contributed by atoms with E-state index < -0.39 is 0 Å². The summed E-state index contributed by atoms with van der Waals surface area (Å²) in [5, 5.41) is 0. The van der Waals surface area contributed by atoms with E-state index in [1.54, 1.807) is 19.2 Å². The highest BCUT2D eigenvalue weighted by Crippen LogP contribution is 2.27. The zero-order valence-electron chi connectivity index (χ0n) is 11.6. The molecule has 1 aliphatic rings. The van der Waals surface area contributed by atoms with Gasteiger partial charge in [-0.15, -0.1) is 0 Å². The number of hydrogen-bond donors (Lipinski definition) is 1. The Balaban J connectivity index is 1.93. The molecule has 0 unspecified atom stereocenters. The molecule has 19 heavy (non-hydrogen) atoms. The van der Waals surface area contributed by atoms with Crippen LogP contribution in [0.25, 0.3) is 0 Å². The number of rotatable bonds is 5. The SMILES string of the molecule is COc1ccc(F)cc1CC1CCN(CCN)CC1. The maximum atomic E-state index is 13.3. The van der Waals surface area contributed by atoms with Crippen molar-refractivity contribution in [3.8, 4) is 5.75 Å². The van der Waals surface area contributed by atoms with Gasteiger partial charge in [-0.1, -0.05) is 0 Å². The van der Waals surface area contributed by atoms with Gasteiger partial charge in [0.15, 0.2) is 0 Å². The molecular weight excluding hydrogens is 243 g/mol. The summed E-state index contributed by atoms with van der Waals surface area (Å²) >= 11 is 0.